The molecule has 0 saturated heterocycles. The number of rotatable bonds is 4. The molecule has 7 heteroatoms. The highest BCUT2D eigenvalue weighted by Gasteiger charge is 2.08. The summed E-state index contributed by atoms with van der Waals surface area (Å²) in [4.78, 5) is 15.4. The number of nitrogens with zero attached hydrogens (tertiary/aromatic N) is 3. The minimum absolute atomic E-state index is 0.517. The first-order valence-electron chi connectivity index (χ1n) is 4.73. The molecule has 2 aromatic rings. The molecule has 2 N–H and O–H groups in total. The molecule has 5 nitrogen and oxygen atoms in total. The van der Waals surface area contributed by atoms with Gasteiger partial charge in [0.05, 0.1) is 11.2 Å². The number of halogens is 1. The summed E-state index contributed by atoms with van der Waals surface area (Å²) in [6, 6.07) is 0. The van der Waals surface area contributed by atoms with Crippen molar-refractivity contribution in [1.29, 1.82) is 0 Å². The maximum atomic E-state index is 6.00. The summed E-state index contributed by atoms with van der Waals surface area (Å²) in [5.74, 6) is 0.570. The van der Waals surface area contributed by atoms with Gasteiger partial charge in [-0.1, -0.05) is 11.6 Å². The maximum absolute atomic E-state index is 6.00. The topological polar surface area (TPSA) is 66.5 Å². The van der Waals surface area contributed by atoms with E-state index >= 15 is 0 Å². The molecule has 0 saturated carbocycles. The zero-order chi connectivity index (χ0) is 11.4. The summed E-state index contributed by atoms with van der Waals surface area (Å²) >= 11 is 7.37. The summed E-state index contributed by atoms with van der Waals surface area (Å²) in [5.41, 5.74) is 0. The predicted molar refractivity (Wildman–Crippen MR) is 63.9 cm³/mol. The molecule has 84 valence electrons. The van der Waals surface area contributed by atoms with Crippen LogP contribution in [0.2, 0.25) is 5.02 Å². The maximum Gasteiger partial charge on any atom is 0.223 e. The van der Waals surface area contributed by atoms with Crippen LogP contribution in [0.4, 0.5) is 5.95 Å². The first kappa shape index (κ1) is 11.2. The smallest absolute Gasteiger partial charge is 0.223 e. The van der Waals surface area contributed by atoms with Gasteiger partial charge in [0.1, 0.15) is 5.03 Å². The molecule has 2 aromatic heterocycles. The fourth-order valence-corrected chi connectivity index (χ4v) is 1.98. The van der Waals surface area contributed by atoms with E-state index in [1.807, 2.05) is 6.92 Å². The molecule has 0 aromatic carbocycles. The third-order valence-corrected chi connectivity index (χ3v) is 3.02. The molecule has 2 rings (SSSR count). The Bertz CT molecular complexity index is 459. The van der Waals surface area contributed by atoms with Crippen molar-refractivity contribution in [3.8, 4) is 0 Å². The zero-order valence-electron chi connectivity index (χ0n) is 8.57. The SMILES string of the molecule is CCNc1ncc(Cl)c(Sc2ncc[nH]2)n1. The van der Waals surface area contributed by atoms with E-state index < -0.39 is 0 Å². The summed E-state index contributed by atoms with van der Waals surface area (Å²) < 4.78 is 0. The summed E-state index contributed by atoms with van der Waals surface area (Å²) in [6.45, 7) is 2.75. The number of nitrogens with one attached hydrogen (secondary N) is 2. The van der Waals surface area contributed by atoms with Crippen LogP contribution in [0.3, 0.4) is 0 Å². The number of anilines is 1. The highest BCUT2D eigenvalue weighted by molar-refractivity contribution is 7.99. The van der Waals surface area contributed by atoms with Gasteiger partial charge in [0.2, 0.25) is 5.95 Å². The Morgan fingerprint density at radius 2 is 2.38 bits per heavy atom. The number of aromatic nitrogens is 4. The molecule has 0 atom stereocenters. The van der Waals surface area contributed by atoms with Crippen LogP contribution in [0.25, 0.3) is 0 Å². The Balaban J connectivity index is 2.21. The van der Waals surface area contributed by atoms with Crippen molar-refractivity contribution in [1.82, 2.24) is 19.9 Å². The van der Waals surface area contributed by atoms with E-state index in [9.17, 15) is 0 Å². The number of aromatic amines is 1. The first-order chi connectivity index (χ1) is 7.79. The van der Waals surface area contributed by atoms with E-state index in [4.69, 9.17) is 11.6 Å². The van der Waals surface area contributed by atoms with E-state index in [0.717, 1.165) is 11.7 Å². The summed E-state index contributed by atoms with van der Waals surface area (Å²) in [7, 11) is 0. The van der Waals surface area contributed by atoms with Gasteiger partial charge in [-0.15, -0.1) is 0 Å². The minimum atomic E-state index is 0.517. The number of imidazole rings is 1. The molecular weight excluding hydrogens is 246 g/mol. The average Bonchev–Trinajstić information content (AvgIpc) is 2.76. The van der Waals surface area contributed by atoms with Gasteiger partial charge in [-0.3, -0.25) is 0 Å². The van der Waals surface area contributed by atoms with Gasteiger partial charge in [-0.05, 0) is 18.7 Å². The standard InChI is InChI=1S/C9H10ClN5S/c1-2-11-8-14-5-6(10)7(15-8)16-9-12-3-4-13-9/h3-5H,2H2,1H3,(H,12,13)(H,11,14,15). The number of hydrogen-bond acceptors (Lipinski definition) is 5. The van der Waals surface area contributed by atoms with Gasteiger partial charge in [-0.2, -0.15) is 0 Å². The Labute approximate surface area is 102 Å². The quantitative estimate of drug-likeness (QED) is 0.822. The molecular formula is C9H10ClN5S. The van der Waals surface area contributed by atoms with Gasteiger partial charge in [0.15, 0.2) is 5.16 Å². The number of hydrogen-bond donors (Lipinski definition) is 2. The van der Waals surface area contributed by atoms with Gasteiger partial charge in [0.25, 0.3) is 0 Å². The van der Waals surface area contributed by atoms with E-state index in [1.165, 1.54) is 11.8 Å². The van der Waals surface area contributed by atoms with Crippen molar-refractivity contribution >= 4 is 29.3 Å². The Kier molecular flexibility index (Phi) is 3.63. The van der Waals surface area contributed by atoms with Gasteiger partial charge >= 0.3 is 0 Å². The van der Waals surface area contributed by atoms with Gasteiger partial charge in [0, 0.05) is 18.9 Å². The molecule has 0 bridgehead atoms. The molecule has 2 heterocycles. The van der Waals surface area contributed by atoms with Crippen LogP contribution in [0.15, 0.2) is 28.8 Å². The molecule has 0 aliphatic heterocycles. The molecule has 0 amide bonds. The molecule has 0 fully saturated rings. The molecule has 0 radical (unpaired) electrons. The second kappa shape index (κ2) is 5.18. The molecule has 0 unspecified atom stereocenters. The third kappa shape index (κ3) is 2.65. The largest absolute Gasteiger partial charge is 0.354 e. The fourth-order valence-electron chi connectivity index (χ4n) is 1.06. The van der Waals surface area contributed by atoms with Crippen LogP contribution in [0.1, 0.15) is 6.92 Å². The van der Waals surface area contributed by atoms with E-state index in [1.54, 1.807) is 18.6 Å². The van der Waals surface area contributed by atoms with Crippen LogP contribution < -0.4 is 5.32 Å². The predicted octanol–water partition coefficient (Wildman–Crippen LogP) is 2.44. The van der Waals surface area contributed by atoms with E-state index in [-0.39, 0.29) is 0 Å². The normalized spacial score (nSPS) is 10.4. The third-order valence-electron chi connectivity index (χ3n) is 1.71. The molecule has 0 aliphatic rings. The molecule has 0 spiro atoms. The second-order valence-corrected chi connectivity index (χ2v) is 4.26. The van der Waals surface area contributed by atoms with Crippen LogP contribution in [-0.4, -0.2) is 26.5 Å². The second-order valence-electron chi connectivity index (χ2n) is 2.87. The lowest BCUT2D eigenvalue weighted by Gasteiger charge is -2.04. The van der Waals surface area contributed by atoms with E-state index in [2.05, 4.69) is 25.3 Å². The van der Waals surface area contributed by atoms with E-state index in [0.29, 0.717) is 16.0 Å². The lowest BCUT2D eigenvalue weighted by atomic mass is 10.6. The lowest BCUT2D eigenvalue weighted by Crippen LogP contribution is -2.02. The van der Waals surface area contributed by atoms with Gasteiger partial charge in [-0.25, -0.2) is 15.0 Å². The minimum Gasteiger partial charge on any atom is -0.354 e. The number of H-pyrrole nitrogens is 1. The van der Waals surface area contributed by atoms with Crippen molar-refractivity contribution in [2.75, 3.05) is 11.9 Å². The fraction of sp³-hybridized carbons (Fsp3) is 0.222. The highest BCUT2D eigenvalue weighted by Crippen LogP contribution is 2.29. The Morgan fingerprint density at radius 1 is 1.50 bits per heavy atom. The average molecular weight is 256 g/mol. The van der Waals surface area contributed by atoms with Crippen molar-refractivity contribution in [2.45, 2.75) is 17.1 Å². The molecule has 0 aliphatic carbocycles. The summed E-state index contributed by atoms with van der Waals surface area (Å²) in [5, 5.41) is 4.98. The van der Waals surface area contributed by atoms with Crippen molar-refractivity contribution in [3.63, 3.8) is 0 Å². The lowest BCUT2D eigenvalue weighted by molar-refractivity contribution is 0.998. The van der Waals surface area contributed by atoms with Crippen molar-refractivity contribution in [2.24, 2.45) is 0 Å². The van der Waals surface area contributed by atoms with Crippen LogP contribution in [0.5, 0.6) is 0 Å². The van der Waals surface area contributed by atoms with Crippen molar-refractivity contribution < 1.29 is 0 Å². The van der Waals surface area contributed by atoms with Crippen molar-refractivity contribution in [3.05, 3.63) is 23.6 Å². The Hall–Kier alpha value is -1.27. The highest BCUT2D eigenvalue weighted by atomic mass is 35.5. The van der Waals surface area contributed by atoms with Crippen LogP contribution >= 0.6 is 23.4 Å². The monoisotopic (exact) mass is 255 g/mol. The zero-order valence-corrected chi connectivity index (χ0v) is 10.1. The molecule has 16 heavy (non-hydrogen) atoms. The first-order valence-corrected chi connectivity index (χ1v) is 5.92. The van der Waals surface area contributed by atoms with Gasteiger partial charge < -0.3 is 10.3 Å². The Morgan fingerprint density at radius 3 is 3.06 bits per heavy atom. The van der Waals surface area contributed by atoms with Crippen LogP contribution in [0, 0.1) is 0 Å². The van der Waals surface area contributed by atoms with Crippen LogP contribution in [-0.2, 0) is 0 Å². The summed E-state index contributed by atoms with van der Waals surface area (Å²) in [6.07, 6.45) is 5.02.